The second kappa shape index (κ2) is 4.38. The van der Waals surface area contributed by atoms with Crippen molar-refractivity contribution in [3.05, 3.63) is 35.6 Å². The smallest absolute Gasteiger partial charge is 0.123 e. The van der Waals surface area contributed by atoms with E-state index in [-0.39, 0.29) is 24.3 Å². The average molecular weight is 200 g/mol. The summed E-state index contributed by atoms with van der Waals surface area (Å²) in [5.41, 5.74) is 0.990. The highest BCUT2D eigenvalue weighted by molar-refractivity contribution is 5.85. The van der Waals surface area contributed by atoms with Crippen LogP contribution in [0.15, 0.2) is 29.3 Å². The van der Waals surface area contributed by atoms with Gasteiger partial charge in [0.15, 0.2) is 0 Å². The summed E-state index contributed by atoms with van der Waals surface area (Å²) in [5, 5.41) is 0. The molecule has 0 spiro atoms. The third-order valence-corrected chi connectivity index (χ3v) is 2.09. The Labute approximate surface area is 83.1 Å². The Balaban J connectivity index is 0.000000845. The number of halogens is 2. The molecule has 1 aromatic carbocycles. The van der Waals surface area contributed by atoms with E-state index in [0.717, 1.165) is 18.4 Å². The molecule has 0 aromatic heterocycles. The number of rotatable bonds is 1. The van der Waals surface area contributed by atoms with Gasteiger partial charge in [0.1, 0.15) is 5.82 Å². The Morgan fingerprint density at radius 2 is 2.23 bits per heavy atom. The molecule has 1 aromatic rings. The van der Waals surface area contributed by atoms with Crippen LogP contribution in [0.5, 0.6) is 0 Å². The highest BCUT2D eigenvalue weighted by Crippen LogP contribution is 2.26. The number of nitrogens with zero attached hydrogens (tertiary/aromatic N) is 1. The van der Waals surface area contributed by atoms with Crippen LogP contribution in [-0.2, 0) is 0 Å². The molecular weight excluding hydrogens is 189 g/mol. The molecule has 1 atom stereocenters. The molecule has 1 heterocycles. The second-order valence-electron chi connectivity index (χ2n) is 2.98. The zero-order chi connectivity index (χ0) is 8.39. The first-order valence-electron chi connectivity index (χ1n) is 4.13. The zero-order valence-corrected chi connectivity index (χ0v) is 7.93. The molecule has 1 aliphatic heterocycles. The first kappa shape index (κ1) is 10.2. The van der Waals surface area contributed by atoms with Gasteiger partial charge >= 0.3 is 0 Å². The lowest BCUT2D eigenvalue weighted by molar-refractivity contribution is 0.619. The fourth-order valence-electron chi connectivity index (χ4n) is 1.48. The predicted molar refractivity (Wildman–Crippen MR) is 54.1 cm³/mol. The molecule has 0 saturated heterocycles. The van der Waals surface area contributed by atoms with E-state index in [1.165, 1.54) is 6.07 Å². The van der Waals surface area contributed by atoms with Gasteiger partial charge in [0.05, 0.1) is 6.04 Å². The van der Waals surface area contributed by atoms with E-state index >= 15 is 0 Å². The Morgan fingerprint density at radius 3 is 2.85 bits per heavy atom. The van der Waals surface area contributed by atoms with E-state index in [4.69, 9.17) is 0 Å². The SMILES string of the molecule is Cl.Fc1cccc(C2CCC=N2)c1. The Hall–Kier alpha value is -0.890. The van der Waals surface area contributed by atoms with E-state index in [0.29, 0.717) is 0 Å². The molecule has 70 valence electrons. The van der Waals surface area contributed by atoms with Gasteiger partial charge in [-0.05, 0) is 36.8 Å². The standard InChI is InChI=1S/C10H10FN.ClH/c11-9-4-1-3-8(7-9)10-5-2-6-12-10;/h1,3-4,6-7,10H,2,5H2;1H. The first-order valence-corrected chi connectivity index (χ1v) is 4.13. The molecule has 1 aliphatic rings. The number of hydrogen-bond donors (Lipinski definition) is 0. The summed E-state index contributed by atoms with van der Waals surface area (Å²) >= 11 is 0. The van der Waals surface area contributed by atoms with Crippen molar-refractivity contribution in [1.82, 2.24) is 0 Å². The molecule has 3 heteroatoms. The van der Waals surface area contributed by atoms with Crippen LogP contribution >= 0.6 is 12.4 Å². The minimum absolute atomic E-state index is 0. The average Bonchev–Trinajstić information content (AvgIpc) is 2.56. The van der Waals surface area contributed by atoms with Gasteiger partial charge in [0.25, 0.3) is 0 Å². The highest BCUT2D eigenvalue weighted by atomic mass is 35.5. The third kappa shape index (κ3) is 2.28. The minimum atomic E-state index is -0.172. The highest BCUT2D eigenvalue weighted by Gasteiger charge is 2.12. The van der Waals surface area contributed by atoms with Crippen LogP contribution in [0.3, 0.4) is 0 Å². The van der Waals surface area contributed by atoms with E-state index in [1.807, 2.05) is 12.3 Å². The van der Waals surface area contributed by atoms with Crippen LogP contribution in [0.4, 0.5) is 4.39 Å². The number of hydrogen-bond acceptors (Lipinski definition) is 1. The van der Waals surface area contributed by atoms with Crippen LogP contribution in [0.2, 0.25) is 0 Å². The van der Waals surface area contributed by atoms with Crippen LogP contribution < -0.4 is 0 Å². The van der Waals surface area contributed by atoms with Crippen molar-refractivity contribution in [2.24, 2.45) is 4.99 Å². The van der Waals surface area contributed by atoms with E-state index in [1.54, 1.807) is 12.1 Å². The van der Waals surface area contributed by atoms with Crippen molar-refractivity contribution in [1.29, 1.82) is 0 Å². The summed E-state index contributed by atoms with van der Waals surface area (Å²) in [7, 11) is 0. The lowest BCUT2D eigenvalue weighted by Gasteiger charge is -2.05. The van der Waals surface area contributed by atoms with E-state index < -0.39 is 0 Å². The van der Waals surface area contributed by atoms with Gasteiger partial charge in [-0.25, -0.2) is 4.39 Å². The van der Waals surface area contributed by atoms with Crippen molar-refractivity contribution < 1.29 is 4.39 Å². The van der Waals surface area contributed by atoms with Gasteiger partial charge < -0.3 is 0 Å². The summed E-state index contributed by atoms with van der Waals surface area (Å²) in [6.07, 6.45) is 3.94. The monoisotopic (exact) mass is 199 g/mol. The largest absolute Gasteiger partial charge is 0.289 e. The molecule has 0 radical (unpaired) electrons. The van der Waals surface area contributed by atoms with Gasteiger partial charge in [-0.2, -0.15) is 0 Å². The molecule has 1 unspecified atom stereocenters. The predicted octanol–water partition coefficient (Wildman–Crippen LogP) is 3.15. The van der Waals surface area contributed by atoms with Crippen LogP contribution in [0.1, 0.15) is 24.4 Å². The molecule has 0 amide bonds. The third-order valence-electron chi connectivity index (χ3n) is 2.09. The maximum Gasteiger partial charge on any atom is 0.123 e. The van der Waals surface area contributed by atoms with Crippen molar-refractivity contribution >= 4 is 18.6 Å². The van der Waals surface area contributed by atoms with Crippen LogP contribution in [-0.4, -0.2) is 6.21 Å². The molecule has 0 aliphatic carbocycles. The minimum Gasteiger partial charge on any atom is -0.289 e. The van der Waals surface area contributed by atoms with E-state index in [2.05, 4.69) is 4.99 Å². The molecule has 0 fully saturated rings. The molecule has 13 heavy (non-hydrogen) atoms. The lowest BCUT2D eigenvalue weighted by atomic mass is 10.1. The topological polar surface area (TPSA) is 12.4 Å². The summed E-state index contributed by atoms with van der Waals surface area (Å²) < 4.78 is 12.8. The van der Waals surface area contributed by atoms with Crippen molar-refractivity contribution in [2.75, 3.05) is 0 Å². The van der Waals surface area contributed by atoms with Gasteiger partial charge in [-0.15, -0.1) is 12.4 Å². The second-order valence-corrected chi connectivity index (χ2v) is 2.98. The molecular formula is C10H11ClFN. The zero-order valence-electron chi connectivity index (χ0n) is 7.11. The summed E-state index contributed by atoms with van der Waals surface area (Å²) in [6.45, 7) is 0. The fraction of sp³-hybridized carbons (Fsp3) is 0.300. The van der Waals surface area contributed by atoms with Crippen molar-refractivity contribution in [3.63, 3.8) is 0 Å². The van der Waals surface area contributed by atoms with Crippen molar-refractivity contribution in [2.45, 2.75) is 18.9 Å². The van der Waals surface area contributed by atoms with Gasteiger partial charge in [0.2, 0.25) is 0 Å². The summed E-state index contributed by atoms with van der Waals surface area (Å²) in [5.74, 6) is -0.172. The number of aliphatic imine (C=N–C) groups is 1. The maximum atomic E-state index is 12.8. The molecule has 2 rings (SSSR count). The Bertz CT molecular complexity index is 312. The van der Waals surface area contributed by atoms with Gasteiger partial charge in [-0.3, -0.25) is 4.99 Å². The van der Waals surface area contributed by atoms with Crippen LogP contribution in [0, 0.1) is 5.82 Å². The maximum absolute atomic E-state index is 12.8. The van der Waals surface area contributed by atoms with Crippen LogP contribution in [0.25, 0.3) is 0 Å². The van der Waals surface area contributed by atoms with E-state index in [9.17, 15) is 4.39 Å². The lowest BCUT2D eigenvalue weighted by Crippen LogP contribution is -1.90. The Kier molecular flexibility index (Phi) is 3.43. The van der Waals surface area contributed by atoms with Gasteiger partial charge in [0, 0.05) is 0 Å². The quantitative estimate of drug-likeness (QED) is 0.659. The first-order chi connectivity index (χ1) is 5.86. The molecule has 0 saturated carbocycles. The Morgan fingerprint density at radius 1 is 1.38 bits per heavy atom. The fourth-order valence-corrected chi connectivity index (χ4v) is 1.48. The molecule has 0 bridgehead atoms. The summed E-state index contributed by atoms with van der Waals surface area (Å²) in [4.78, 5) is 4.26. The summed E-state index contributed by atoms with van der Waals surface area (Å²) in [6, 6.07) is 6.88. The van der Waals surface area contributed by atoms with Gasteiger partial charge in [-0.1, -0.05) is 12.1 Å². The molecule has 0 N–H and O–H groups in total. The van der Waals surface area contributed by atoms with Crippen molar-refractivity contribution in [3.8, 4) is 0 Å². The number of benzene rings is 1. The molecule has 1 nitrogen and oxygen atoms in total. The normalized spacial score (nSPS) is 19.9.